The van der Waals surface area contributed by atoms with Gasteiger partial charge in [-0.05, 0) is 66.0 Å². The Bertz CT molecular complexity index is 362. The van der Waals surface area contributed by atoms with Crippen LogP contribution >= 0.6 is 22.6 Å². The molecule has 0 spiro atoms. The van der Waals surface area contributed by atoms with Crippen molar-refractivity contribution in [1.82, 2.24) is 0 Å². The first-order valence-corrected chi connectivity index (χ1v) is 7.27. The molecule has 2 unspecified atom stereocenters. The van der Waals surface area contributed by atoms with E-state index >= 15 is 0 Å². The lowest BCUT2D eigenvalue weighted by Crippen LogP contribution is -2.30. The number of hydrogen-bond acceptors (Lipinski definition) is 1. The third-order valence-corrected chi connectivity index (χ3v) is 4.80. The zero-order valence-corrected chi connectivity index (χ0v) is 12.3. The van der Waals surface area contributed by atoms with Crippen molar-refractivity contribution in [3.63, 3.8) is 0 Å². The molecule has 0 bridgehead atoms. The molecule has 0 aromatic heterocycles. The van der Waals surface area contributed by atoms with E-state index in [4.69, 9.17) is 0 Å². The molecule has 1 N–H and O–H groups in total. The van der Waals surface area contributed by atoms with Gasteiger partial charge in [0.2, 0.25) is 0 Å². The average molecular weight is 329 g/mol. The van der Waals surface area contributed by atoms with E-state index in [2.05, 4.69) is 60.0 Å². The van der Waals surface area contributed by atoms with Crippen LogP contribution < -0.4 is 5.32 Å². The molecule has 16 heavy (non-hydrogen) atoms. The van der Waals surface area contributed by atoms with Crippen LogP contribution in [0.3, 0.4) is 0 Å². The van der Waals surface area contributed by atoms with Gasteiger partial charge < -0.3 is 5.32 Å². The molecule has 1 aliphatic rings. The molecule has 2 heteroatoms. The topological polar surface area (TPSA) is 12.0 Å². The Morgan fingerprint density at radius 3 is 2.69 bits per heavy atom. The highest BCUT2D eigenvalue weighted by atomic mass is 127. The van der Waals surface area contributed by atoms with Crippen LogP contribution in [0.1, 0.15) is 38.2 Å². The number of nitrogens with one attached hydrogen (secondary N) is 1. The Morgan fingerprint density at radius 2 is 2.00 bits per heavy atom. The second kappa shape index (κ2) is 5.39. The third kappa shape index (κ3) is 2.90. The van der Waals surface area contributed by atoms with Gasteiger partial charge in [-0.1, -0.05) is 25.8 Å². The first kappa shape index (κ1) is 12.2. The summed E-state index contributed by atoms with van der Waals surface area (Å²) in [4.78, 5) is 0. The minimum Gasteiger partial charge on any atom is -0.382 e. The first-order valence-electron chi connectivity index (χ1n) is 6.19. The summed E-state index contributed by atoms with van der Waals surface area (Å²) >= 11 is 2.41. The number of anilines is 1. The van der Waals surface area contributed by atoms with Crippen LogP contribution in [0, 0.1) is 16.4 Å². The number of hydrogen-bond donors (Lipinski definition) is 1. The quantitative estimate of drug-likeness (QED) is 0.783. The molecule has 0 aliphatic heterocycles. The maximum absolute atomic E-state index is 3.69. The summed E-state index contributed by atoms with van der Waals surface area (Å²) in [6, 6.07) is 7.35. The van der Waals surface area contributed by atoms with Gasteiger partial charge in [0.25, 0.3) is 0 Å². The molecule has 2 rings (SSSR count). The lowest BCUT2D eigenvalue weighted by Gasteiger charge is -2.30. The van der Waals surface area contributed by atoms with Crippen molar-refractivity contribution in [2.45, 2.75) is 45.6 Å². The van der Waals surface area contributed by atoms with Gasteiger partial charge >= 0.3 is 0 Å². The van der Waals surface area contributed by atoms with Crippen molar-refractivity contribution in [2.75, 3.05) is 5.32 Å². The van der Waals surface area contributed by atoms with Crippen molar-refractivity contribution in [3.05, 3.63) is 27.3 Å². The Kier molecular flexibility index (Phi) is 4.11. The van der Waals surface area contributed by atoms with E-state index in [9.17, 15) is 0 Å². The van der Waals surface area contributed by atoms with Crippen LogP contribution in [-0.2, 0) is 0 Å². The Hall–Kier alpha value is -0.250. The highest BCUT2D eigenvalue weighted by molar-refractivity contribution is 14.1. The number of halogens is 1. The highest BCUT2D eigenvalue weighted by Crippen LogP contribution is 2.27. The van der Waals surface area contributed by atoms with E-state index in [1.807, 2.05) is 0 Å². The lowest BCUT2D eigenvalue weighted by molar-refractivity contribution is 0.349. The zero-order valence-electron chi connectivity index (χ0n) is 10.1. The van der Waals surface area contributed by atoms with Gasteiger partial charge in [-0.25, -0.2) is 0 Å². The Morgan fingerprint density at radius 1 is 1.25 bits per heavy atom. The normalized spacial score (nSPS) is 25.4. The Labute approximate surface area is 112 Å². The molecule has 1 saturated carbocycles. The van der Waals surface area contributed by atoms with E-state index < -0.39 is 0 Å². The molecule has 1 fully saturated rings. The molecule has 0 radical (unpaired) electrons. The second-order valence-corrected chi connectivity index (χ2v) is 6.14. The lowest BCUT2D eigenvalue weighted by atomic mass is 9.86. The summed E-state index contributed by atoms with van der Waals surface area (Å²) in [5, 5.41) is 3.69. The fourth-order valence-corrected chi connectivity index (χ4v) is 2.94. The average Bonchev–Trinajstić information content (AvgIpc) is 2.27. The number of rotatable bonds is 2. The van der Waals surface area contributed by atoms with Crippen molar-refractivity contribution < 1.29 is 0 Å². The second-order valence-electron chi connectivity index (χ2n) is 4.98. The van der Waals surface area contributed by atoms with E-state index in [0.717, 1.165) is 5.92 Å². The van der Waals surface area contributed by atoms with Crippen molar-refractivity contribution in [2.24, 2.45) is 5.92 Å². The summed E-state index contributed by atoms with van der Waals surface area (Å²) in [5.41, 5.74) is 2.65. The van der Waals surface area contributed by atoms with E-state index in [1.54, 1.807) is 0 Å². The summed E-state index contributed by atoms with van der Waals surface area (Å²) in [6.07, 6.45) is 5.49. The van der Waals surface area contributed by atoms with E-state index in [-0.39, 0.29) is 0 Å². The van der Waals surface area contributed by atoms with Gasteiger partial charge in [-0.2, -0.15) is 0 Å². The minimum absolute atomic E-state index is 0.673. The van der Waals surface area contributed by atoms with Crippen LogP contribution in [0.4, 0.5) is 5.69 Å². The minimum atomic E-state index is 0.673. The van der Waals surface area contributed by atoms with Crippen LogP contribution in [0.25, 0.3) is 0 Å². The molecular weight excluding hydrogens is 309 g/mol. The third-order valence-electron chi connectivity index (χ3n) is 3.64. The SMILES string of the molecule is Cc1ccc(NC2CCCCC2C)cc1I. The molecule has 1 nitrogen and oxygen atoms in total. The molecule has 1 aromatic carbocycles. The van der Waals surface area contributed by atoms with E-state index in [0.29, 0.717) is 6.04 Å². The fourth-order valence-electron chi connectivity index (χ4n) is 2.43. The molecule has 88 valence electrons. The fraction of sp³-hybridized carbons (Fsp3) is 0.571. The zero-order chi connectivity index (χ0) is 11.5. The summed E-state index contributed by atoms with van der Waals surface area (Å²) < 4.78 is 1.35. The van der Waals surface area contributed by atoms with Crippen LogP contribution in [0.2, 0.25) is 0 Å². The highest BCUT2D eigenvalue weighted by Gasteiger charge is 2.20. The van der Waals surface area contributed by atoms with Gasteiger partial charge in [0.15, 0.2) is 0 Å². The predicted octanol–water partition coefficient (Wildman–Crippen LogP) is 4.59. The van der Waals surface area contributed by atoms with Crippen molar-refractivity contribution in [3.8, 4) is 0 Å². The monoisotopic (exact) mass is 329 g/mol. The molecule has 1 aliphatic carbocycles. The Balaban J connectivity index is 2.05. The smallest absolute Gasteiger partial charge is 0.0353 e. The molecule has 2 atom stereocenters. The van der Waals surface area contributed by atoms with Crippen LogP contribution in [0.5, 0.6) is 0 Å². The van der Waals surface area contributed by atoms with Gasteiger partial charge in [0, 0.05) is 15.3 Å². The van der Waals surface area contributed by atoms with E-state index in [1.165, 1.54) is 40.5 Å². The maximum atomic E-state index is 3.69. The predicted molar refractivity (Wildman–Crippen MR) is 78.9 cm³/mol. The van der Waals surface area contributed by atoms with Crippen molar-refractivity contribution in [1.29, 1.82) is 0 Å². The van der Waals surface area contributed by atoms with Gasteiger partial charge in [-0.15, -0.1) is 0 Å². The first-order chi connectivity index (χ1) is 7.66. The molecular formula is C14H20IN. The summed E-state index contributed by atoms with van der Waals surface area (Å²) in [6.45, 7) is 4.53. The maximum Gasteiger partial charge on any atom is 0.0353 e. The van der Waals surface area contributed by atoms with Crippen LogP contribution in [0.15, 0.2) is 18.2 Å². The molecule has 0 saturated heterocycles. The van der Waals surface area contributed by atoms with Gasteiger partial charge in [-0.3, -0.25) is 0 Å². The number of aryl methyl sites for hydroxylation is 1. The van der Waals surface area contributed by atoms with Gasteiger partial charge in [0.1, 0.15) is 0 Å². The number of benzene rings is 1. The molecule has 1 aromatic rings. The largest absolute Gasteiger partial charge is 0.382 e. The summed E-state index contributed by atoms with van der Waals surface area (Å²) in [7, 11) is 0. The molecule has 0 heterocycles. The summed E-state index contributed by atoms with van der Waals surface area (Å²) in [5.74, 6) is 0.813. The van der Waals surface area contributed by atoms with Crippen LogP contribution in [-0.4, -0.2) is 6.04 Å². The van der Waals surface area contributed by atoms with Crippen molar-refractivity contribution >= 4 is 28.3 Å². The molecule has 0 amide bonds. The standard InChI is InChI=1S/C14H20IN/c1-10-7-8-12(9-13(10)15)16-14-6-4-3-5-11(14)2/h7-9,11,14,16H,3-6H2,1-2H3. The van der Waals surface area contributed by atoms with Gasteiger partial charge in [0.05, 0.1) is 0 Å².